The normalized spacial score (nSPS) is 11.5. The number of carbonyl (C=O) groups is 1. The maximum absolute atomic E-state index is 13.4. The molecule has 34 heavy (non-hydrogen) atoms. The highest BCUT2D eigenvalue weighted by Gasteiger charge is 2.33. The van der Waals surface area contributed by atoms with Crippen LogP contribution in [-0.2, 0) is 10.9 Å². The zero-order valence-electron chi connectivity index (χ0n) is 18.0. The molecule has 0 aliphatic rings. The molecule has 0 unspecified atom stereocenters. The van der Waals surface area contributed by atoms with Gasteiger partial charge in [0.25, 0.3) is 0 Å². The molecule has 0 radical (unpaired) electrons. The van der Waals surface area contributed by atoms with E-state index in [0.29, 0.717) is 34.9 Å². The number of phenols is 1. The molecule has 0 atom stereocenters. The summed E-state index contributed by atoms with van der Waals surface area (Å²) in [6.07, 6.45) is -3.88. The van der Waals surface area contributed by atoms with Crippen molar-refractivity contribution in [3.63, 3.8) is 0 Å². The van der Waals surface area contributed by atoms with Gasteiger partial charge < -0.3 is 20.7 Å². The Morgan fingerprint density at radius 2 is 1.62 bits per heavy atom. The van der Waals surface area contributed by atoms with Gasteiger partial charge in [0.1, 0.15) is 12.0 Å². The molecule has 0 saturated carbocycles. The van der Waals surface area contributed by atoms with Crippen molar-refractivity contribution >= 4 is 11.7 Å². The Kier molecular flexibility index (Phi) is 7.17. The van der Waals surface area contributed by atoms with Gasteiger partial charge in [-0.2, -0.15) is 13.2 Å². The van der Waals surface area contributed by atoms with Crippen LogP contribution in [0.15, 0.2) is 66.9 Å². The van der Waals surface area contributed by atoms with Gasteiger partial charge in [0.15, 0.2) is 5.76 Å². The average Bonchev–Trinajstić information content (AvgIpc) is 2.81. The largest absolute Gasteiger partial charge is 0.512 e. The molecular weight excluding hydrogens is 447 g/mol. The highest BCUT2D eigenvalue weighted by molar-refractivity contribution is 5.93. The molecule has 4 N–H and O–H groups in total. The Bertz CT molecular complexity index is 1300. The second-order valence-corrected chi connectivity index (χ2v) is 7.11. The summed E-state index contributed by atoms with van der Waals surface area (Å²) in [7, 11) is 0. The molecular formula is C26H20F3NO4. The number of nitrogens with two attached hydrogens (primary N) is 1. The van der Waals surface area contributed by atoms with E-state index < -0.39 is 23.4 Å². The van der Waals surface area contributed by atoms with Crippen LogP contribution in [0.2, 0.25) is 0 Å². The summed E-state index contributed by atoms with van der Waals surface area (Å²) in [6, 6.07) is 14.0. The first-order valence-electron chi connectivity index (χ1n) is 10.1. The van der Waals surface area contributed by atoms with E-state index in [1.165, 1.54) is 12.1 Å². The van der Waals surface area contributed by atoms with E-state index in [2.05, 4.69) is 11.8 Å². The minimum atomic E-state index is -4.70. The first-order chi connectivity index (χ1) is 16.1. The zero-order valence-corrected chi connectivity index (χ0v) is 18.0. The van der Waals surface area contributed by atoms with Crippen molar-refractivity contribution in [3.8, 4) is 28.7 Å². The monoisotopic (exact) mass is 467 g/mol. The number of amides is 1. The molecule has 0 heterocycles. The molecule has 0 aliphatic carbocycles. The van der Waals surface area contributed by atoms with E-state index in [0.717, 1.165) is 18.4 Å². The van der Waals surface area contributed by atoms with Crippen LogP contribution in [0.5, 0.6) is 5.75 Å². The van der Waals surface area contributed by atoms with Crippen molar-refractivity contribution in [2.24, 2.45) is 5.73 Å². The second kappa shape index (κ2) is 10.0. The van der Waals surface area contributed by atoms with E-state index in [9.17, 15) is 28.2 Å². The van der Waals surface area contributed by atoms with Crippen molar-refractivity contribution in [2.75, 3.05) is 6.61 Å². The molecule has 0 saturated heterocycles. The smallest absolute Gasteiger partial charge is 0.417 e. The quantitative estimate of drug-likeness (QED) is 0.343. The summed E-state index contributed by atoms with van der Waals surface area (Å²) < 4.78 is 45.6. The molecule has 3 rings (SSSR count). The fourth-order valence-electron chi connectivity index (χ4n) is 3.22. The first-order valence-corrected chi connectivity index (χ1v) is 10.1. The molecule has 3 aromatic rings. The predicted molar refractivity (Wildman–Crippen MR) is 122 cm³/mol. The number of aliphatic hydroxyl groups excluding tert-OH is 1. The Hall–Kier alpha value is -4.38. The third-order valence-corrected chi connectivity index (χ3v) is 4.84. The Morgan fingerprint density at radius 3 is 2.21 bits per heavy atom. The molecule has 0 spiro atoms. The van der Waals surface area contributed by atoms with Crippen molar-refractivity contribution in [3.05, 3.63) is 94.7 Å². The predicted octanol–water partition coefficient (Wildman–Crippen LogP) is 5.47. The van der Waals surface area contributed by atoms with E-state index in [1.807, 2.05) is 0 Å². The molecule has 1 amide bonds. The second-order valence-electron chi connectivity index (χ2n) is 7.11. The van der Waals surface area contributed by atoms with Gasteiger partial charge in [-0.15, -0.1) is 0 Å². The van der Waals surface area contributed by atoms with Gasteiger partial charge in [-0.1, -0.05) is 24.0 Å². The number of alkyl halides is 3. The highest BCUT2D eigenvalue weighted by Crippen LogP contribution is 2.34. The maximum atomic E-state index is 13.4. The number of benzene rings is 3. The molecule has 0 aromatic heterocycles. The Balaban J connectivity index is 2.16. The topological polar surface area (TPSA) is 92.8 Å². The lowest BCUT2D eigenvalue weighted by Gasteiger charge is -2.12. The van der Waals surface area contributed by atoms with E-state index in [4.69, 9.17) is 10.5 Å². The van der Waals surface area contributed by atoms with Crippen LogP contribution in [0.4, 0.5) is 13.2 Å². The van der Waals surface area contributed by atoms with Crippen LogP contribution < -0.4 is 5.73 Å². The molecule has 3 aromatic carbocycles. The van der Waals surface area contributed by atoms with E-state index >= 15 is 0 Å². The average molecular weight is 467 g/mol. The number of aliphatic hydroxyl groups is 1. The summed E-state index contributed by atoms with van der Waals surface area (Å²) in [5.74, 6) is 4.39. The fraction of sp³-hybridized carbons (Fsp3) is 0.115. The molecule has 174 valence electrons. The lowest BCUT2D eigenvalue weighted by atomic mass is 9.95. The summed E-state index contributed by atoms with van der Waals surface area (Å²) >= 11 is 0. The number of hydrogen-bond acceptors (Lipinski definition) is 4. The van der Waals surface area contributed by atoms with Crippen LogP contribution in [0, 0.1) is 11.8 Å². The Morgan fingerprint density at radius 1 is 1.00 bits per heavy atom. The van der Waals surface area contributed by atoms with Crippen LogP contribution in [0.25, 0.3) is 16.9 Å². The van der Waals surface area contributed by atoms with Gasteiger partial charge in [-0.05, 0) is 66.6 Å². The van der Waals surface area contributed by atoms with Crippen molar-refractivity contribution in [2.45, 2.75) is 13.1 Å². The number of hydrogen-bond donors (Lipinski definition) is 3. The molecule has 0 fully saturated rings. The fourth-order valence-corrected chi connectivity index (χ4v) is 3.22. The van der Waals surface area contributed by atoms with Crippen molar-refractivity contribution < 1.29 is 32.9 Å². The van der Waals surface area contributed by atoms with Crippen molar-refractivity contribution in [1.29, 1.82) is 0 Å². The minimum absolute atomic E-state index is 0.204. The standard InChI is InChI=1S/C26H20F3NO4/c1-2-34-24(15-31)20-10-6-16(22(13-20)17-4-8-19(9-5-17)25(30)33)3-7-18-11-12-21(32)14-23(18)26(27,28)29/h4-6,8-15,31-32H,2H2,1H3,(H2,30,33)/b24-15-. The maximum Gasteiger partial charge on any atom is 0.417 e. The highest BCUT2D eigenvalue weighted by atomic mass is 19.4. The third kappa shape index (κ3) is 5.51. The van der Waals surface area contributed by atoms with Gasteiger partial charge in [-0.3, -0.25) is 4.79 Å². The number of carbonyl (C=O) groups excluding carboxylic acids is 1. The zero-order chi connectivity index (χ0) is 24.9. The van der Waals surface area contributed by atoms with Crippen LogP contribution in [0.1, 0.15) is 39.5 Å². The first kappa shape index (κ1) is 24.3. The van der Waals surface area contributed by atoms with Gasteiger partial charge >= 0.3 is 6.18 Å². The van der Waals surface area contributed by atoms with Crippen LogP contribution >= 0.6 is 0 Å². The number of primary amides is 1. The molecule has 0 aliphatic heterocycles. The summed E-state index contributed by atoms with van der Waals surface area (Å²) in [5, 5.41) is 19.0. The number of phenolic OH excluding ortho intramolecular Hbond substituents is 1. The number of rotatable bonds is 5. The lowest BCUT2D eigenvalue weighted by molar-refractivity contribution is -0.137. The van der Waals surface area contributed by atoms with Gasteiger partial charge in [0.2, 0.25) is 5.91 Å². The minimum Gasteiger partial charge on any atom is -0.512 e. The van der Waals surface area contributed by atoms with Crippen molar-refractivity contribution in [1.82, 2.24) is 0 Å². The summed E-state index contributed by atoms with van der Waals surface area (Å²) in [5.41, 5.74) is 6.30. The van der Waals surface area contributed by atoms with Crippen LogP contribution in [-0.4, -0.2) is 22.7 Å². The van der Waals surface area contributed by atoms with E-state index in [1.54, 1.807) is 37.3 Å². The molecule has 5 nitrogen and oxygen atoms in total. The number of ether oxygens (including phenoxy) is 1. The summed E-state index contributed by atoms with van der Waals surface area (Å²) in [4.78, 5) is 11.4. The van der Waals surface area contributed by atoms with E-state index in [-0.39, 0.29) is 16.9 Å². The number of halogens is 3. The van der Waals surface area contributed by atoms with Crippen LogP contribution in [0.3, 0.4) is 0 Å². The van der Waals surface area contributed by atoms with Gasteiger partial charge in [0.05, 0.1) is 12.2 Å². The van der Waals surface area contributed by atoms with Gasteiger partial charge in [-0.25, -0.2) is 0 Å². The lowest BCUT2D eigenvalue weighted by Crippen LogP contribution is -2.10. The van der Waals surface area contributed by atoms with Gasteiger partial charge in [0, 0.05) is 22.3 Å². The number of aromatic hydroxyl groups is 1. The summed E-state index contributed by atoms with van der Waals surface area (Å²) in [6.45, 7) is 2.06. The SMILES string of the molecule is CCO/C(=C\O)c1ccc(C#Cc2ccc(O)cc2C(F)(F)F)c(-c2ccc(C(N)=O)cc2)c1. The Labute approximate surface area is 193 Å². The molecule has 0 bridgehead atoms. The third-order valence-electron chi connectivity index (χ3n) is 4.84. The molecule has 8 heteroatoms.